The Hall–Kier alpha value is -0.0526. The van der Waals surface area contributed by atoms with Crippen molar-refractivity contribution in [3.63, 3.8) is 0 Å². The third-order valence-corrected chi connectivity index (χ3v) is 0.289. The van der Waals surface area contributed by atoms with Gasteiger partial charge in [-0.3, -0.25) is 0 Å². The minimum absolute atomic E-state index is 0. The largest absolute Gasteiger partial charge is 1.00 e. The first-order valence-electron chi connectivity index (χ1n) is 1.52. The van der Waals surface area contributed by atoms with Gasteiger partial charge in [0, 0.05) is 0 Å². The van der Waals surface area contributed by atoms with E-state index in [0.717, 1.165) is 0 Å². The van der Waals surface area contributed by atoms with Gasteiger partial charge in [-0.15, -0.1) is 0 Å². The van der Waals surface area contributed by atoms with Crippen molar-refractivity contribution in [3.05, 3.63) is 6.42 Å². The molecule has 0 unspecified atom stereocenters. The summed E-state index contributed by atoms with van der Waals surface area (Å²) in [6.07, 6.45) is 0.397. The molecule has 0 spiro atoms. The number of hydrogen-bond acceptors (Lipinski definition) is 0. The fourth-order valence-electron chi connectivity index (χ4n) is 0.100. The Morgan fingerprint density at radius 1 is 1.38 bits per heavy atom. The molecular weight excluding hydrogens is 112 g/mol. The summed E-state index contributed by atoms with van der Waals surface area (Å²) in [4.78, 5) is 0. The van der Waals surface area contributed by atoms with Gasteiger partial charge in [-0.05, 0) is 0 Å². The zero-order valence-electron chi connectivity index (χ0n) is 4.34. The number of rotatable bonds is 0. The van der Waals surface area contributed by atoms with Gasteiger partial charge in [-0.2, -0.15) is 13.2 Å². The molecule has 8 heavy (non-hydrogen) atoms. The van der Waals surface area contributed by atoms with Crippen molar-refractivity contribution in [2.45, 2.75) is 12.6 Å². The van der Waals surface area contributed by atoms with E-state index in [9.17, 15) is 13.2 Å². The average molecular weight is 114 g/mol. The second kappa shape index (κ2) is 3.89. The Bertz CT molecular complexity index is 88.4. The molecule has 0 bridgehead atoms. The van der Waals surface area contributed by atoms with Gasteiger partial charge in [0.25, 0.3) is 0 Å². The van der Waals surface area contributed by atoms with Crippen molar-refractivity contribution in [3.8, 4) is 5.92 Å². The molecule has 0 radical (unpaired) electrons. The van der Waals surface area contributed by atoms with E-state index in [1.807, 2.05) is 0 Å². The maximum atomic E-state index is 10.9. The molecule has 40 valence electrons. The number of halogens is 3. The molecule has 0 heterocycles. The predicted octanol–water partition coefficient (Wildman–Crippen LogP) is -1.47. The van der Waals surface area contributed by atoms with Crippen LogP contribution in [0.2, 0.25) is 0 Å². The van der Waals surface area contributed by atoms with Crippen LogP contribution in [-0.4, -0.2) is 6.18 Å². The van der Waals surface area contributed by atoms with Crippen molar-refractivity contribution in [1.82, 2.24) is 0 Å². The summed E-state index contributed by atoms with van der Waals surface area (Å²) < 4.78 is 32.6. The predicted molar refractivity (Wildman–Crippen MR) is 17.8 cm³/mol. The summed E-state index contributed by atoms with van der Waals surface area (Å²) in [5.74, 6) is 1.23. The summed E-state index contributed by atoms with van der Waals surface area (Å²) in [6.45, 7) is 0. The number of hydrogen-bond donors (Lipinski definition) is 0. The maximum absolute atomic E-state index is 10.9. The van der Waals surface area contributed by atoms with Crippen LogP contribution in [-0.2, 0) is 0 Å². The maximum Gasteiger partial charge on any atom is 1.00 e. The molecule has 0 aromatic rings. The van der Waals surface area contributed by atoms with Gasteiger partial charge < -0.3 is 12.3 Å². The van der Waals surface area contributed by atoms with Gasteiger partial charge in [-0.1, -0.05) is 0 Å². The van der Waals surface area contributed by atoms with Crippen molar-refractivity contribution >= 4 is 0 Å². The second-order valence-corrected chi connectivity index (χ2v) is 0.969. The SMILES string of the molecule is [C-]#CCC(F)(F)F.[Li+]. The molecular formula is C4H2F3Li. The Morgan fingerprint density at radius 3 is 1.75 bits per heavy atom. The van der Waals surface area contributed by atoms with Crippen LogP contribution in [0.25, 0.3) is 0 Å². The van der Waals surface area contributed by atoms with E-state index in [0.29, 0.717) is 0 Å². The fraction of sp³-hybridized carbons (Fsp3) is 0.500. The monoisotopic (exact) mass is 114 g/mol. The van der Waals surface area contributed by atoms with E-state index < -0.39 is 12.6 Å². The minimum Gasteiger partial charge on any atom is -0.693 e. The standard InChI is InChI=1S/C4H2F3.Li/c1-2-3-4(5,6)7;/h3H2;/q-1;+1. The third kappa shape index (κ3) is 9.34. The molecule has 0 nitrogen and oxygen atoms in total. The molecule has 0 aromatic heterocycles. The number of alkyl halides is 3. The van der Waals surface area contributed by atoms with Crippen LogP contribution in [0, 0.1) is 12.3 Å². The average Bonchev–Trinajstić information content (AvgIpc) is 1.30. The topological polar surface area (TPSA) is 0 Å². The molecule has 0 saturated carbocycles. The molecule has 4 heteroatoms. The minimum atomic E-state index is -4.25. The zero-order valence-corrected chi connectivity index (χ0v) is 4.34. The Morgan fingerprint density at radius 2 is 1.75 bits per heavy atom. The van der Waals surface area contributed by atoms with Crippen LogP contribution < -0.4 is 18.9 Å². The fourth-order valence-corrected chi connectivity index (χ4v) is 0.100. The Labute approximate surface area is 57.6 Å². The Kier molecular flexibility index (Phi) is 5.27. The first kappa shape index (κ1) is 10.8. The molecule has 0 aliphatic carbocycles. The third-order valence-electron chi connectivity index (χ3n) is 0.289. The summed E-state index contributed by atoms with van der Waals surface area (Å²) in [6, 6.07) is 0. The van der Waals surface area contributed by atoms with E-state index in [2.05, 4.69) is 0 Å². The van der Waals surface area contributed by atoms with Crippen molar-refractivity contribution in [1.29, 1.82) is 0 Å². The van der Waals surface area contributed by atoms with Gasteiger partial charge >= 0.3 is 25.0 Å². The van der Waals surface area contributed by atoms with Crippen molar-refractivity contribution in [2.24, 2.45) is 0 Å². The summed E-state index contributed by atoms with van der Waals surface area (Å²) >= 11 is 0. The molecule has 0 N–H and O–H groups in total. The van der Waals surface area contributed by atoms with Gasteiger partial charge in [-0.25, -0.2) is 0 Å². The van der Waals surface area contributed by atoms with Crippen LogP contribution in [0.1, 0.15) is 6.42 Å². The summed E-state index contributed by atoms with van der Waals surface area (Å²) in [5, 5.41) is 0. The van der Waals surface area contributed by atoms with E-state index >= 15 is 0 Å². The van der Waals surface area contributed by atoms with Gasteiger partial charge in [0.2, 0.25) is 0 Å². The first-order chi connectivity index (χ1) is 3.06. The molecule has 0 amide bonds. The molecule has 0 saturated heterocycles. The van der Waals surface area contributed by atoms with Gasteiger partial charge in [0.1, 0.15) is 0 Å². The van der Waals surface area contributed by atoms with E-state index in [-0.39, 0.29) is 18.9 Å². The van der Waals surface area contributed by atoms with Gasteiger partial charge in [0.15, 0.2) is 0 Å². The van der Waals surface area contributed by atoms with Gasteiger partial charge in [0.05, 0.1) is 6.42 Å². The smallest absolute Gasteiger partial charge is 0.693 e. The van der Waals surface area contributed by atoms with Crippen LogP contribution >= 0.6 is 0 Å². The molecule has 0 rings (SSSR count). The van der Waals surface area contributed by atoms with E-state index in [1.54, 1.807) is 0 Å². The van der Waals surface area contributed by atoms with E-state index in [1.165, 1.54) is 5.92 Å². The normalized spacial score (nSPS) is 9.25. The molecule has 0 atom stereocenters. The summed E-state index contributed by atoms with van der Waals surface area (Å²) in [5.41, 5.74) is 0. The Balaban J connectivity index is 0. The van der Waals surface area contributed by atoms with Crippen LogP contribution in [0.4, 0.5) is 13.2 Å². The second-order valence-electron chi connectivity index (χ2n) is 0.969. The van der Waals surface area contributed by atoms with Crippen LogP contribution in [0.15, 0.2) is 0 Å². The van der Waals surface area contributed by atoms with E-state index in [4.69, 9.17) is 6.42 Å². The molecule has 0 aromatic carbocycles. The molecule has 0 aliphatic rings. The van der Waals surface area contributed by atoms with Crippen molar-refractivity contribution < 1.29 is 32.0 Å². The van der Waals surface area contributed by atoms with Crippen LogP contribution in [0.3, 0.4) is 0 Å². The first-order valence-corrected chi connectivity index (χ1v) is 1.52. The summed E-state index contributed by atoms with van der Waals surface area (Å²) in [7, 11) is 0. The van der Waals surface area contributed by atoms with Crippen LogP contribution in [0.5, 0.6) is 0 Å². The molecule has 0 aliphatic heterocycles. The van der Waals surface area contributed by atoms with Crippen molar-refractivity contribution in [2.75, 3.05) is 0 Å². The molecule has 0 fully saturated rings. The quantitative estimate of drug-likeness (QED) is 0.205. The zero-order chi connectivity index (χ0) is 5.91.